The number of benzene rings is 1. The van der Waals surface area contributed by atoms with Crippen LogP contribution in [0.4, 0.5) is 8.78 Å². The molecule has 0 spiro atoms. The van der Waals surface area contributed by atoms with Crippen molar-refractivity contribution in [1.29, 1.82) is 0 Å². The third kappa shape index (κ3) is 3.41. The fourth-order valence-corrected chi connectivity index (χ4v) is 3.95. The Bertz CT molecular complexity index is 616. The van der Waals surface area contributed by atoms with E-state index in [-0.39, 0.29) is 12.1 Å². The van der Waals surface area contributed by atoms with E-state index in [1.165, 1.54) is 4.31 Å². The van der Waals surface area contributed by atoms with Crippen molar-refractivity contribution in [3.8, 4) is 0 Å². The molecule has 118 valence electrons. The molecule has 0 bridgehead atoms. The van der Waals surface area contributed by atoms with E-state index in [9.17, 15) is 17.2 Å². The van der Waals surface area contributed by atoms with Gasteiger partial charge in [0.05, 0.1) is 0 Å². The zero-order chi connectivity index (χ0) is 15.6. The minimum atomic E-state index is -3.96. The van der Waals surface area contributed by atoms with Crippen molar-refractivity contribution in [2.24, 2.45) is 11.7 Å². The first-order chi connectivity index (χ1) is 9.91. The molecule has 0 aromatic heterocycles. The van der Waals surface area contributed by atoms with Crippen LogP contribution in [0.3, 0.4) is 0 Å². The van der Waals surface area contributed by atoms with Gasteiger partial charge in [-0.3, -0.25) is 0 Å². The first-order valence-electron chi connectivity index (χ1n) is 7.08. The first-order valence-corrected chi connectivity index (χ1v) is 8.52. The third-order valence-electron chi connectivity index (χ3n) is 3.60. The Morgan fingerprint density at radius 1 is 1.33 bits per heavy atom. The number of nitrogens with zero attached hydrogens (tertiary/aromatic N) is 1. The second-order valence-electron chi connectivity index (χ2n) is 5.35. The van der Waals surface area contributed by atoms with Crippen LogP contribution in [0.15, 0.2) is 17.0 Å². The molecule has 1 aromatic rings. The maximum absolute atomic E-state index is 14.3. The minimum absolute atomic E-state index is 0.327. The van der Waals surface area contributed by atoms with E-state index in [0.29, 0.717) is 25.4 Å². The predicted octanol–water partition coefficient (Wildman–Crippen LogP) is 2.23. The Hall–Kier alpha value is -1.05. The van der Waals surface area contributed by atoms with Gasteiger partial charge in [-0.05, 0) is 37.3 Å². The molecule has 4 nitrogen and oxygen atoms in total. The van der Waals surface area contributed by atoms with Crippen LogP contribution in [0.2, 0.25) is 0 Å². The van der Waals surface area contributed by atoms with Gasteiger partial charge in [-0.25, -0.2) is 17.2 Å². The Balaban J connectivity index is 2.41. The maximum atomic E-state index is 14.3. The van der Waals surface area contributed by atoms with Gasteiger partial charge in [0.15, 0.2) is 5.82 Å². The molecule has 0 radical (unpaired) electrons. The molecular formula is C14H20F2N2O2S. The van der Waals surface area contributed by atoms with E-state index >= 15 is 0 Å². The van der Waals surface area contributed by atoms with Crippen molar-refractivity contribution in [2.45, 2.75) is 37.6 Å². The van der Waals surface area contributed by atoms with Gasteiger partial charge in [-0.15, -0.1) is 0 Å². The number of sulfonamides is 1. The van der Waals surface area contributed by atoms with Gasteiger partial charge in [-0.2, -0.15) is 4.31 Å². The summed E-state index contributed by atoms with van der Waals surface area (Å²) in [5.41, 5.74) is 4.91. The molecular weight excluding hydrogens is 298 g/mol. The largest absolute Gasteiger partial charge is 0.326 e. The highest BCUT2D eigenvalue weighted by molar-refractivity contribution is 7.89. The molecule has 21 heavy (non-hydrogen) atoms. The normalized spacial score (nSPS) is 15.7. The summed E-state index contributed by atoms with van der Waals surface area (Å²) in [5, 5.41) is 0. The van der Waals surface area contributed by atoms with Crippen molar-refractivity contribution >= 4 is 10.0 Å². The summed E-state index contributed by atoms with van der Waals surface area (Å²) in [5.74, 6) is -1.55. The van der Waals surface area contributed by atoms with E-state index < -0.39 is 26.6 Å². The van der Waals surface area contributed by atoms with E-state index in [2.05, 4.69) is 0 Å². The van der Waals surface area contributed by atoms with Gasteiger partial charge in [0.25, 0.3) is 0 Å². The van der Waals surface area contributed by atoms with E-state index in [0.717, 1.165) is 25.0 Å². The van der Waals surface area contributed by atoms with E-state index in [1.54, 1.807) is 0 Å². The quantitative estimate of drug-likeness (QED) is 0.838. The smallest absolute Gasteiger partial charge is 0.246 e. The highest BCUT2D eigenvalue weighted by atomic mass is 32.2. The number of hydrogen-bond acceptors (Lipinski definition) is 3. The Labute approximate surface area is 124 Å². The fourth-order valence-electron chi connectivity index (χ4n) is 2.25. The molecule has 0 unspecified atom stereocenters. The average Bonchev–Trinajstić information content (AvgIpc) is 3.22. The van der Waals surface area contributed by atoms with Gasteiger partial charge in [0, 0.05) is 25.2 Å². The maximum Gasteiger partial charge on any atom is 0.246 e. The topological polar surface area (TPSA) is 63.4 Å². The van der Waals surface area contributed by atoms with Crippen molar-refractivity contribution in [1.82, 2.24) is 4.31 Å². The Kier molecular flexibility index (Phi) is 4.95. The second kappa shape index (κ2) is 6.37. The lowest BCUT2D eigenvalue weighted by Crippen LogP contribution is -2.34. The molecule has 0 heterocycles. The molecule has 1 aromatic carbocycles. The molecule has 2 rings (SSSR count). The van der Waals surface area contributed by atoms with Gasteiger partial charge in [0.1, 0.15) is 10.7 Å². The second-order valence-corrected chi connectivity index (χ2v) is 7.25. The summed E-state index contributed by atoms with van der Waals surface area (Å²) < 4.78 is 54.2. The van der Waals surface area contributed by atoms with Crippen molar-refractivity contribution in [3.63, 3.8) is 0 Å². The van der Waals surface area contributed by atoms with Gasteiger partial charge >= 0.3 is 0 Å². The highest BCUT2D eigenvalue weighted by Gasteiger charge is 2.33. The zero-order valence-electron chi connectivity index (χ0n) is 12.0. The SMILES string of the molecule is CCCN(CC1CC1)S(=O)(=O)c1ccc(F)c(CN)c1F. The van der Waals surface area contributed by atoms with Gasteiger partial charge in [-0.1, -0.05) is 6.92 Å². The van der Waals surface area contributed by atoms with Crippen molar-refractivity contribution < 1.29 is 17.2 Å². The summed E-state index contributed by atoms with van der Waals surface area (Å²) in [7, 11) is -3.96. The third-order valence-corrected chi connectivity index (χ3v) is 5.49. The molecule has 2 N–H and O–H groups in total. The summed E-state index contributed by atoms with van der Waals surface area (Å²) in [6.45, 7) is 2.21. The lowest BCUT2D eigenvalue weighted by atomic mass is 10.2. The van der Waals surface area contributed by atoms with Gasteiger partial charge < -0.3 is 5.73 Å². The standard InChI is InChI=1S/C14H20F2N2O2S/c1-2-7-18(9-10-3-4-10)21(19,20)13-6-5-12(15)11(8-17)14(13)16/h5-6,10H,2-4,7-9,17H2,1H3. The lowest BCUT2D eigenvalue weighted by molar-refractivity contribution is 0.392. The number of rotatable bonds is 7. The number of hydrogen-bond donors (Lipinski definition) is 1. The molecule has 1 aliphatic carbocycles. The van der Waals surface area contributed by atoms with E-state index in [1.807, 2.05) is 6.92 Å². The van der Waals surface area contributed by atoms with Crippen molar-refractivity contribution in [2.75, 3.05) is 13.1 Å². The lowest BCUT2D eigenvalue weighted by Gasteiger charge is -2.22. The number of halogens is 2. The minimum Gasteiger partial charge on any atom is -0.326 e. The van der Waals surface area contributed by atoms with Crippen LogP contribution in [0, 0.1) is 17.6 Å². The molecule has 0 atom stereocenters. The van der Waals surface area contributed by atoms with Crippen LogP contribution < -0.4 is 5.73 Å². The highest BCUT2D eigenvalue weighted by Crippen LogP contribution is 2.32. The van der Waals surface area contributed by atoms with Crippen LogP contribution in [0.1, 0.15) is 31.7 Å². The molecule has 0 aliphatic heterocycles. The molecule has 0 amide bonds. The Morgan fingerprint density at radius 2 is 2.00 bits per heavy atom. The molecule has 7 heteroatoms. The molecule has 1 fully saturated rings. The summed E-state index contributed by atoms with van der Waals surface area (Å²) in [6, 6.07) is 1.94. The molecule has 1 aliphatic rings. The average molecular weight is 318 g/mol. The van der Waals surface area contributed by atoms with Crippen LogP contribution >= 0.6 is 0 Å². The molecule has 1 saturated carbocycles. The van der Waals surface area contributed by atoms with Crippen LogP contribution in [0.25, 0.3) is 0 Å². The first kappa shape index (κ1) is 16.3. The van der Waals surface area contributed by atoms with E-state index in [4.69, 9.17) is 5.73 Å². The monoisotopic (exact) mass is 318 g/mol. The zero-order valence-corrected chi connectivity index (χ0v) is 12.8. The van der Waals surface area contributed by atoms with Crippen molar-refractivity contribution in [3.05, 3.63) is 29.3 Å². The van der Waals surface area contributed by atoms with Crippen LogP contribution in [0.5, 0.6) is 0 Å². The summed E-state index contributed by atoms with van der Waals surface area (Å²) in [6.07, 6.45) is 2.63. The fraction of sp³-hybridized carbons (Fsp3) is 0.571. The summed E-state index contributed by atoms with van der Waals surface area (Å²) >= 11 is 0. The van der Waals surface area contributed by atoms with Crippen LogP contribution in [-0.2, 0) is 16.6 Å². The predicted molar refractivity (Wildman–Crippen MR) is 76.0 cm³/mol. The molecule has 0 saturated heterocycles. The Morgan fingerprint density at radius 3 is 2.52 bits per heavy atom. The van der Waals surface area contributed by atoms with Gasteiger partial charge in [0.2, 0.25) is 10.0 Å². The van der Waals surface area contributed by atoms with Crippen LogP contribution in [-0.4, -0.2) is 25.8 Å². The number of nitrogens with two attached hydrogens (primary N) is 1. The summed E-state index contributed by atoms with van der Waals surface area (Å²) in [4.78, 5) is -0.488.